The smallest absolute Gasteiger partial charge is 0.338 e. The Hall–Kier alpha value is -1.98. The molecule has 174 valence electrons. The molecule has 2 bridgehead atoms. The number of fused-ring (bicyclic) bond motifs is 5. The summed E-state index contributed by atoms with van der Waals surface area (Å²) in [7, 11) is 0. The molecule has 1 aromatic rings. The molecular weight excluding hydrogens is 404 g/mol. The minimum atomic E-state index is -1.47. The van der Waals surface area contributed by atoms with Crippen molar-refractivity contribution in [1.82, 2.24) is 0 Å². The number of esters is 1. The Morgan fingerprint density at radius 3 is 2.56 bits per heavy atom. The fraction of sp³-hybridized carbons (Fsp3) is 0.630. The summed E-state index contributed by atoms with van der Waals surface area (Å²) in [6.07, 6.45) is 1.99. The molecule has 1 aliphatic carbocycles. The second-order valence-corrected chi connectivity index (χ2v) is 10.8. The highest BCUT2D eigenvalue weighted by Gasteiger charge is 2.60. The molecule has 1 aromatic carbocycles. The van der Waals surface area contributed by atoms with Crippen LogP contribution in [0.5, 0.6) is 0 Å². The van der Waals surface area contributed by atoms with Gasteiger partial charge in [0.15, 0.2) is 5.78 Å². The number of hydrogen-bond donors (Lipinski definition) is 1. The summed E-state index contributed by atoms with van der Waals surface area (Å²) in [5.41, 5.74) is -0.846. The van der Waals surface area contributed by atoms with Crippen LogP contribution < -0.4 is 0 Å². The molecule has 3 aliphatic rings. The van der Waals surface area contributed by atoms with Crippen molar-refractivity contribution in [1.29, 1.82) is 0 Å². The highest BCUT2D eigenvalue weighted by Crippen LogP contribution is 2.55. The summed E-state index contributed by atoms with van der Waals surface area (Å²) in [6.45, 7) is 12.3. The molecule has 0 radical (unpaired) electrons. The van der Waals surface area contributed by atoms with Gasteiger partial charge in [0.05, 0.1) is 11.7 Å². The van der Waals surface area contributed by atoms with E-state index in [1.165, 1.54) is 0 Å². The first kappa shape index (κ1) is 23.2. The summed E-state index contributed by atoms with van der Waals surface area (Å²) < 4.78 is 12.9. The zero-order chi connectivity index (χ0) is 23.3. The number of benzene rings is 1. The lowest BCUT2D eigenvalue weighted by atomic mass is 9.60. The molecule has 1 N–H and O–H groups in total. The van der Waals surface area contributed by atoms with Crippen LogP contribution in [0.2, 0.25) is 0 Å². The Morgan fingerprint density at radius 2 is 1.91 bits per heavy atom. The number of ether oxygens (including phenoxy) is 2. The minimum Gasteiger partial charge on any atom is -0.453 e. The summed E-state index contributed by atoms with van der Waals surface area (Å²) in [5, 5.41) is 11.0. The first-order valence-corrected chi connectivity index (χ1v) is 11.9. The van der Waals surface area contributed by atoms with Crippen LogP contribution in [0.4, 0.5) is 0 Å². The van der Waals surface area contributed by atoms with Crippen molar-refractivity contribution >= 4 is 11.8 Å². The Kier molecular flexibility index (Phi) is 6.10. The fourth-order valence-corrected chi connectivity index (χ4v) is 6.27. The van der Waals surface area contributed by atoms with Gasteiger partial charge in [-0.3, -0.25) is 4.79 Å². The molecule has 5 heteroatoms. The van der Waals surface area contributed by atoms with E-state index in [2.05, 4.69) is 20.4 Å². The maximum absolute atomic E-state index is 13.1. The Labute approximate surface area is 191 Å². The summed E-state index contributed by atoms with van der Waals surface area (Å²) in [6, 6.07) is 8.94. The SMILES string of the molecule is C=C1CC[C@H](C(C)C)[C@@H]2[C@H]1[C@H]1C[C@@](C)(O)C(=O)CC[C@@](C)(OC(=O)c3ccccc3)[C@@H]2O1. The lowest BCUT2D eigenvalue weighted by Gasteiger charge is -2.45. The fourth-order valence-electron chi connectivity index (χ4n) is 6.27. The molecule has 4 rings (SSSR count). The monoisotopic (exact) mass is 440 g/mol. The first-order valence-electron chi connectivity index (χ1n) is 11.9. The van der Waals surface area contributed by atoms with Crippen molar-refractivity contribution in [3.05, 3.63) is 48.0 Å². The van der Waals surface area contributed by atoms with E-state index in [9.17, 15) is 14.7 Å². The number of carbonyl (C=O) groups excluding carboxylic acids is 2. The van der Waals surface area contributed by atoms with Crippen LogP contribution in [0.1, 0.15) is 70.2 Å². The van der Waals surface area contributed by atoms with Crippen molar-refractivity contribution in [2.24, 2.45) is 23.7 Å². The van der Waals surface area contributed by atoms with Crippen molar-refractivity contribution in [2.45, 2.75) is 83.2 Å². The quantitative estimate of drug-likeness (QED) is 0.543. The largest absolute Gasteiger partial charge is 0.453 e. The van der Waals surface area contributed by atoms with Crippen LogP contribution in [0.3, 0.4) is 0 Å². The van der Waals surface area contributed by atoms with Crippen LogP contribution in [-0.2, 0) is 14.3 Å². The summed E-state index contributed by atoms with van der Waals surface area (Å²) in [4.78, 5) is 26.0. The number of rotatable bonds is 3. The molecule has 1 saturated carbocycles. The molecule has 2 aliphatic heterocycles. The molecule has 5 nitrogen and oxygen atoms in total. The third kappa shape index (κ3) is 4.06. The number of hydrogen-bond acceptors (Lipinski definition) is 5. The van der Waals surface area contributed by atoms with Crippen LogP contribution >= 0.6 is 0 Å². The van der Waals surface area contributed by atoms with Crippen LogP contribution in [0.15, 0.2) is 42.5 Å². The normalized spacial score (nSPS) is 39.8. The van der Waals surface area contributed by atoms with Crippen LogP contribution in [0, 0.1) is 23.7 Å². The van der Waals surface area contributed by atoms with E-state index in [1.54, 1.807) is 31.2 Å². The predicted octanol–water partition coefficient (Wildman–Crippen LogP) is 4.73. The van der Waals surface area contributed by atoms with Gasteiger partial charge in [-0.25, -0.2) is 4.79 Å². The Bertz CT molecular complexity index is 889. The van der Waals surface area contributed by atoms with Gasteiger partial charge in [-0.05, 0) is 57.1 Å². The minimum absolute atomic E-state index is 0.0493. The van der Waals surface area contributed by atoms with Crippen LogP contribution in [-0.4, -0.2) is 40.3 Å². The molecular formula is C27H36O5. The second-order valence-electron chi connectivity index (χ2n) is 10.8. The Morgan fingerprint density at radius 1 is 1.22 bits per heavy atom. The number of carbonyl (C=O) groups is 2. The third-order valence-corrected chi connectivity index (χ3v) is 8.09. The zero-order valence-electron chi connectivity index (χ0n) is 19.7. The van der Waals surface area contributed by atoms with E-state index in [4.69, 9.17) is 9.47 Å². The van der Waals surface area contributed by atoms with Gasteiger partial charge in [0, 0.05) is 24.7 Å². The van der Waals surface area contributed by atoms with Crippen molar-refractivity contribution in [3.63, 3.8) is 0 Å². The topological polar surface area (TPSA) is 72.8 Å². The lowest BCUT2D eigenvalue weighted by Crippen LogP contribution is -2.51. The van der Waals surface area contributed by atoms with Crippen LogP contribution in [0.25, 0.3) is 0 Å². The van der Waals surface area contributed by atoms with Gasteiger partial charge in [0.2, 0.25) is 0 Å². The summed E-state index contributed by atoms with van der Waals surface area (Å²) >= 11 is 0. The van der Waals surface area contributed by atoms with E-state index in [1.807, 2.05) is 13.0 Å². The average Bonchev–Trinajstić information content (AvgIpc) is 3.13. The molecule has 0 amide bonds. The maximum Gasteiger partial charge on any atom is 0.338 e. The molecule has 2 saturated heterocycles. The van der Waals surface area contributed by atoms with Gasteiger partial charge in [-0.15, -0.1) is 0 Å². The molecule has 0 spiro atoms. The highest BCUT2D eigenvalue weighted by molar-refractivity contribution is 5.90. The van der Waals surface area contributed by atoms with Crippen molar-refractivity contribution in [2.75, 3.05) is 0 Å². The van der Waals surface area contributed by atoms with Crippen molar-refractivity contribution in [3.8, 4) is 0 Å². The zero-order valence-corrected chi connectivity index (χ0v) is 19.7. The number of Topliss-reactive ketones (excluding diaryl/α,β-unsaturated/α-hetero) is 1. The van der Waals surface area contributed by atoms with E-state index >= 15 is 0 Å². The van der Waals surface area contributed by atoms with Gasteiger partial charge in [-0.1, -0.05) is 44.2 Å². The van der Waals surface area contributed by atoms with E-state index in [0.29, 0.717) is 23.8 Å². The predicted molar refractivity (Wildman–Crippen MR) is 122 cm³/mol. The van der Waals surface area contributed by atoms with Gasteiger partial charge < -0.3 is 14.6 Å². The van der Waals surface area contributed by atoms with Gasteiger partial charge >= 0.3 is 5.97 Å². The molecule has 0 unspecified atom stereocenters. The molecule has 2 heterocycles. The second kappa shape index (κ2) is 8.42. The maximum atomic E-state index is 13.1. The van der Waals surface area contributed by atoms with Gasteiger partial charge in [0.25, 0.3) is 0 Å². The molecule has 32 heavy (non-hydrogen) atoms. The molecule has 7 atom stereocenters. The standard InChI is InChI=1S/C27H36O5/c1-16(2)19-12-11-17(3)22-20-15-26(4,30)21(28)13-14-27(5,24(31-20)23(19)22)32-25(29)18-9-7-6-8-10-18/h6-10,16,19-20,22-24,30H,3,11-15H2,1-2,4-5H3/t19-,20-,22-,23-,24-,26-,27-/m1/s1. The van der Waals surface area contributed by atoms with Gasteiger partial charge in [0.1, 0.15) is 17.3 Å². The van der Waals surface area contributed by atoms with E-state index < -0.39 is 17.2 Å². The molecule has 3 fully saturated rings. The molecule has 0 aromatic heterocycles. The van der Waals surface area contributed by atoms with Crippen molar-refractivity contribution < 1.29 is 24.2 Å². The average molecular weight is 441 g/mol. The third-order valence-electron chi connectivity index (χ3n) is 8.09. The summed E-state index contributed by atoms with van der Waals surface area (Å²) in [5.74, 6) is 0.391. The Balaban J connectivity index is 1.76. The first-order chi connectivity index (χ1) is 15.0. The number of ketones is 1. The number of aliphatic hydroxyl groups is 1. The van der Waals surface area contributed by atoms with E-state index in [0.717, 1.165) is 18.4 Å². The lowest BCUT2D eigenvalue weighted by molar-refractivity contribution is -0.139. The van der Waals surface area contributed by atoms with E-state index in [-0.39, 0.29) is 42.7 Å². The van der Waals surface area contributed by atoms with Gasteiger partial charge in [-0.2, -0.15) is 0 Å². The highest BCUT2D eigenvalue weighted by atomic mass is 16.6.